The van der Waals surface area contributed by atoms with E-state index in [1.54, 1.807) is 22.8 Å². The number of aromatic nitrogens is 2. The van der Waals surface area contributed by atoms with Gasteiger partial charge < -0.3 is 10.3 Å². The molecule has 1 heterocycles. The molecule has 0 aliphatic carbocycles. The number of hydrogen-bond acceptors (Lipinski definition) is 2. The Labute approximate surface area is 122 Å². The van der Waals surface area contributed by atoms with E-state index < -0.39 is 0 Å². The van der Waals surface area contributed by atoms with Gasteiger partial charge in [-0.3, -0.25) is 0 Å². The highest BCUT2D eigenvalue weighted by molar-refractivity contribution is 6.39. The Bertz CT molecular complexity index is 633. The molecule has 3 nitrogen and oxygen atoms in total. The van der Waals surface area contributed by atoms with Crippen molar-refractivity contribution in [3.63, 3.8) is 0 Å². The van der Waals surface area contributed by atoms with E-state index in [1.165, 1.54) is 0 Å². The van der Waals surface area contributed by atoms with E-state index in [0.29, 0.717) is 33.7 Å². The summed E-state index contributed by atoms with van der Waals surface area (Å²) >= 11 is 12.4. The Kier molecular flexibility index (Phi) is 4.04. The summed E-state index contributed by atoms with van der Waals surface area (Å²) in [5.74, 6) is 3.88. The summed E-state index contributed by atoms with van der Waals surface area (Å²) < 4.78 is 1.80. The van der Waals surface area contributed by atoms with Gasteiger partial charge in [0.15, 0.2) is 0 Å². The van der Waals surface area contributed by atoms with Gasteiger partial charge in [-0.2, -0.15) is 0 Å². The molecular weight excluding hydrogens is 281 g/mol. The molecule has 0 saturated carbocycles. The smallest absolute Gasteiger partial charge is 0.132 e. The van der Waals surface area contributed by atoms with Crippen LogP contribution in [0.5, 0.6) is 0 Å². The van der Waals surface area contributed by atoms with Crippen LogP contribution in [0.1, 0.15) is 12.7 Å². The number of rotatable bonds is 3. The maximum atomic E-state index is 6.19. The molecule has 0 saturated heterocycles. The van der Waals surface area contributed by atoms with Crippen LogP contribution >= 0.6 is 23.2 Å². The van der Waals surface area contributed by atoms with Crippen molar-refractivity contribution in [1.29, 1.82) is 0 Å². The fourth-order valence-electron chi connectivity index (χ4n) is 1.96. The van der Waals surface area contributed by atoms with Crippen molar-refractivity contribution in [3.8, 4) is 23.6 Å². The number of anilines is 1. The van der Waals surface area contributed by atoms with Gasteiger partial charge in [-0.05, 0) is 12.1 Å². The third-order valence-electron chi connectivity index (χ3n) is 2.85. The quantitative estimate of drug-likeness (QED) is 0.878. The SMILES string of the molecule is C#CCn1c(CC)nc(-c2c(Cl)cccc2Cl)c1N. The Balaban J connectivity index is 2.67. The second-order valence-corrected chi connectivity index (χ2v) is 4.82. The first-order valence-electron chi connectivity index (χ1n) is 5.82. The van der Waals surface area contributed by atoms with Crippen LogP contribution in [-0.4, -0.2) is 9.55 Å². The van der Waals surface area contributed by atoms with Crippen LogP contribution in [0.3, 0.4) is 0 Å². The van der Waals surface area contributed by atoms with Crippen LogP contribution < -0.4 is 5.73 Å². The molecule has 98 valence electrons. The minimum Gasteiger partial charge on any atom is -0.383 e. The highest BCUT2D eigenvalue weighted by atomic mass is 35.5. The largest absolute Gasteiger partial charge is 0.383 e. The second-order valence-electron chi connectivity index (χ2n) is 4.00. The van der Waals surface area contributed by atoms with Gasteiger partial charge in [-0.15, -0.1) is 6.42 Å². The predicted molar refractivity (Wildman–Crippen MR) is 80.3 cm³/mol. The molecule has 2 rings (SSSR count). The highest BCUT2D eigenvalue weighted by Crippen LogP contribution is 2.37. The Morgan fingerprint density at radius 3 is 2.53 bits per heavy atom. The summed E-state index contributed by atoms with van der Waals surface area (Å²) in [4.78, 5) is 4.51. The number of terminal acetylenes is 1. The zero-order valence-electron chi connectivity index (χ0n) is 10.5. The lowest BCUT2D eigenvalue weighted by atomic mass is 10.1. The summed E-state index contributed by atoms with van der Waals surface area (Å²) in [6.07, 6.45) is 6.08. The average molecular weight is 294 g/mol. The molecule has 0 bridgehead atoms. The number of aryl methyl sites for hydroxylation is 1. The number of nitrogens with two attached hydrogens (primary N) is 1. The molecular formula is C14H13Cl2N3. The van der Waals surface area contributed by atoms with Gasteiger partial charge >= 0.3 is 0 Å². The number of hydrogen-bond donors (Lipinski definition) is 1. The molecule has 19 heavy (non-hydrogen) atoms. The average Bonchev–Trinajstić information content (AvgIpc) is 2.68. The van der Waals surface area contributed by atoms with Gasteiger partial charge in [0.05, 0.1) is 16.6 Å². The van der Waals surface area contributed by atoms with Gasteiger partial charge in [0.25, 0.3) is 0 Å². The summed E-state index contributed by atoms with van der Waals surface area (Å²) in [6, 6.07) is 5.30. The van der Waals surface area contributed by atoms with E-state index in [1.807, 2.05) is 6.92 Å². The van der Waals surface area contributed by atoms with Crippen molar-refractivity contribution < 1.29 is 0 Å². The summed E-state index contributed by atoms with van der Waals surface area (Å²) in [5.41, 5.74) is 7.36. The first-order valence-corrected chi connectivity index (χ1v) is 6.58. The molecule has 5 heteroatoms. The van der Waals surface area contributed by atoms with Crippen LogP contribution in [0, 0.1) is 12.3 Å². The lowest BCUT2D eigenvalue weighted by Gasteiger charge is -2.06. The fourth-order valence-corrected chi connectivity index (χ4v) is 2.54. The molecule has 1 aromatic carbocycles. The lowest BCUT2D eigenvalue weighted by Crippen LogP contribution is -2.05. The van der Waals surface area contributed by atoms with Crippen molar-refractivity contribution in [2.24, 2.45) is 0 Å². The molecule has 0 aliphatic rings. The molecule has 0 radical (unpaired) electrons. The Morgan fingerprint density at radius 2 is 2.00 bits per heavy atom. The summed E-state index contributed by atoms with van der Waals surface area (Å²) in [6.45, 7) is 2.37. The van der Waals surface area contributed by atoms with E-state index in [0.717, 1.165) is 12.2 Å². The number of halogens is 2. The van der Waals surface area contributed by atoms with E-state index in [-0.39, 0.29) is 0 Å². The van der Waals surface area contributed by atoms with Crippen LogP contribution in [0.2, 0.25) is 10.0 Å². The minimum atomic E-state index is 0.379. The highest BCUT2D eigenvalue weighted by Gasteiger charge is 2.18. The topological polar surface area (TPSA) is 43.8 Å². The molecule has 0 atom stereocenters. The van der Waals surface area contributed by atoms with Crippen LogP contribution in [0.15, 0.2) is 18.2 Å². The third-order valence-corrected chi connectivity index (χ3v) is 3.48. The van der Waals surface area contributed by atoms with E-state index in [2.05, 4.69) is 10.9 Å². The van der Waals surface area contributed by atoms with Crippen molar-refractivity contribution in [1.82, 2.24) is 9.55 Å². The maximum absolute atomic E-state index is 6.19. The first-order chi connectivity index (χ1) is 9.10. The fraction of sp³-hybridized carbons (Fsp3) is 0.214. The van der Waals surface area contributed by atoms with Crippen molar-refractivity contribution in [2.75, 3.05) is 5.73 Å². The number of benzene rings is 1. The molecule has 0 fully saturated rings. The van der Waals surface area contributed by atoms with E-state index in [9.17, 15) is 0 Å². The van der Waals surface area contributed by atoms with Crippen LogP contribution in [-0.2, 0) is 13.0 Å². The molecule has 0 unspecified atom stereocenters. The van der Waals surface area contributed by atoms with Crippen LogP contribution in [0.4, 0.5) is 5.82 Å². The lowest BCUT2D eigenvalue weighted by molar-refractivity contribution is 0.769. The predicted octanol–water partition coefficient (Wildman–Crippen LogP) is 3.63. The Hall–Kier alpha value is -1.63. The zero-order valence-corrected chi connectivity index (χ0v) is 12.0. The van der Waals surface area contributed by atoms with E-state index >= 15 is 0 Å². The van der Waals surface area contributed by atoms with Crippen molar-refractivity contribution in [2.45, 2.75) is 19.9 Å². The van der Waals surface area contributed by atoms with Crippen LogP contribution in [0.25, 0.3) is 11.3 Å². The van der Waals surface area contributed by atoms with Gasteiger partial charge in [-0.1, -0.05) is 42.1 Å². The number of nitrogens with zero attached hydrogens (tertiary/aromatic N) is 2. The zero-order chi connectivity index (χ0) is 14.0. The minimum absolute atomic E-state index is 0.379. The van der Waals surface area contributed by atoms with Gasteiger partial charge in [0.1, 0.15) is 17.3 Å². The van der Waals surface area contributed by atoms with Crippen molar-refractivity contribution >= 4 is 29.0 Å². The molecule has 0 amide bonds. The second kappa shape index (κ2) is 5.56. The van der Waals surface area contributed by atoms with E-state index in [4.69, 9.17) is 35.4 Å². The van der Waals surface area contributed by atoms with Gasteiger partial charge in [-0.25, -0.2) is 4.98 Å². The number of imidazole rings is 1. The van der Waals surface area contributed by atoms with Gasteiger partial charge in [0.2, 0.25) is 0 Å². The Morgan fingerprint density at radius 1 is 1.37 bits per heavy atom. The number of nitrogen functional groups attached to an aromatic ring is 1. The molecule has 0 spiro atoms. The first kappa shape index (κ1) is 13.8. The summed E-state index contributed by atoms with van der Waals surface area (Å²) in [5, 5.41) is 1.04. The molecule has 1 aromatic heterocycles. The standard InChI is InChI=1S/C14H13Cl2N3/c1-3-8-19-11(4-2)18-13(14(19)17)12-9(15)6-5-7-10(12)16/h1,5-7H,4,8,17H2,2H3. The molecule has 2 aromatic rings. The monoisotopic (exact) mass is 293 g/mol. The summed E-state index contributed by atoms with van der Waals surface area (Å²) in [7, 11) is 0. The molecule has 0 aliphatic heterocycles. The third kappa shape index (κ3) is 2.42. The molecule has 2 N–H and O–H groups in total. The normalized spacial score (nSPS) is 10.4. The van der Waals surface area contributed by atoms with Gasteiger partial charge in [0, 0.05) is 12.0 Å². The van der Waals surface area contributed by atoms with Crippen molar-refractivity contribution in [3.05, 3.63) is 34.1 Å². The maximum Gasteiger partial charge on any atom is 0.132 e.